The van der Waals surface area contributed by atoms with Crippen molar-refractivity contribution in [3.05, 3.63) is 60.2 Å². The number of rotatable bonds is 8. The number of hydrogen-bond donors (Lipinski definition) is 3. The number of benzene rings is 2. The summed E-state index contributed by atoms with van der Waals surface area (Å²) < 4.78 is 10.4. The highest BCUT2D eigenvalue weighted by Crippen LogP contribution is 2.16. The lowest BCUT2D eigenvalue weighted by atomic mass is 10.1. The van der Waals surface area contributed by atoms with Crippen LogP contribution in [0.25, 0.3) is 0 Å². The Hall–Kier alpha value is -2.80. The molecule has 1 amide bonds. The number of hydrogen-bond acceptors (Lipinski definition) is 4. The van der Waals surface area contributed by atoms with Crippen LogP contribution in [0, 0.1) is 0 Å². The van der Waals surface area contributed by atoms with Gasteiger partial charge in [-0.05, 0) is 54.9 Å². The second kappa shape index (κ2) is 10.9. The molecule has 0 aliphatic carbocycles. The summed E-state index contributed by atoms with van der Waals surface area (Å²) in [5, 5.41) is 3.42. The molecular formula is C19H23N3O3S. The SMILES string of the molecule is COc1ccc(OCC(=O)NNC(=S)NCCCc2ccccc2)cc1. The van der Waals surface area contributed by atoms with Crippen molar-refractivity contribution in [2.24, 2.45) is 0 Å². The minimum absolute atomic E-state index is 0.115. The van der Waals surface area contributed by atoms with Crippen LogP contribution in [0.15, 0.2) is 54.6 Å². The molecule has 0 radical (unpaired) electrons. The predicted molar refractivity (Wildman–Crippen MR) is 105 cm³/mol. The maximum Gasteiger partial charge on any atom is 0.276 e. The van der Waals surface area contributed by atoms with Gasteiger partial charge in [-0.15, -0.1) is 0 Å². The molecule has 0 aliphatic heterocycles. The fourth-order valence-corrected chi connectivity index (χ4v) is 2.32. The number of amides is 1. The molecule has 2 aromatic carbocycles. The zero-order chi connectivity index (χ0) is 18.6. The molecule has 2 aromatic rings. The first-order chi connectivity index (χ1) is 12.7. The minimum atomic E-state index is -0.325. The summed E-state index contributed by atoms with van der Waals surface area (Å²) >= 11 is 5.12. The summed E-state index contributed by atoms with van der Waals surface area (Å²) in [6.45, 7) is 0.606. The molecule has 26 heavy (non-hydrogen) atoms. The molecule has 0 unspecified atom stereocenters. The van der Waals surface area contributed by atoms with Gasteiger partial charge >= 0.3 is 0 Å². The Morgan fingerprint density at radius 1 is 1.00 bits per heavy atom. The third-order valence-corrected chi connectivity index (χ3v) is 3.76. The number of carbonyl (C=O) groups excluding carboxylic acids is 1. The van der Waals surface area contributed by atoms with Crippen LogP contribution in [-0.2, 0) is 11.2 Å². The fraction of sp³-hybridized carbons (Fsp3) is 0.263. The zero-order valence-electron chi connectivity index (χ0n) is 14.7. The first kappa shape index (κ1) is 19.5. The molecule has 0 spiro atoms. The van der Waals surface area contributed by atoms with E-state index >= 15 is 0 Å². The van der Waals surface area contributed by atoms with Gasteiger partial charge in [0.25, 0.3) is 5.91 Å². The summed E-state index contributed by atoms with van der Waals surface area (Å²) in [4.78, 5) is 11.7. The Morgan fingerprint density at radius 3 is 2.38 bits per heavy atom. The van der Waals surface area contributed by atoms with E-state index in [9.17, 15) is 4.79 Å². The largest absolute Gasteiger partial charge is 0.497 e. The maximum absolute atomic E-state index is 11.7. The number of nitrogens with one attached hydrogen (secondary N) is 3. The summed E-state index contributed by atoms with van der Waals surface area (Å²) in [6, 6.07) is 17.2. The summed E-state index contributed by atoms with van der Waals surface area (Å²) in [5.41, 5.74) is 6.44. The monoisotopic (exact) mass is 373 g/mol. The summed E-state index contributed by atoms with van der Waals surface area (Å²) in [7, 11) is 1.59. The van der Waals surface area contributed by atoms with Gasteiger partial charge in [-0.25, -0.2) is 0 Å². The number of methoxy groups -OCH3 is 1. The van der Waals surface area contributed by atoms with Gasteiger partial charge in [0.2, 0.25) is 0 Å². The molecule has 6 nitrogen and oxygen atoms in total. The van der Waals surface area contributed by atoms with Crippen LogP contribution in [0.2, 0.25) is 0 Å². The molecule has 7 heteroatoms. The fourth-order valence-electron chi connectivity index (χ4n) is 2.17. The third kappa shape index (κ3) is 7.40. The number of ether oxygens (including phenoxy) is 2. The molecular weight excluding hydrogens is 350 g/mol. The van der Waals surface area contributed by atoms with Crippen molar-refractivity contribution in [2.45, 2.75) is 12.8 Å². The predicted octanol–water partition coefficient (Wildman–Crippen LogP) is 2.20. The van der Waals surface area contributed by atoms with Crippen molar-refractivity contribution >= 4 is 23.2 Å². The van der Waals surface area contributed by atoms with E-state index in [1.165, 1.54) is 5.56 Å². The van der Waals surface area contributed by atoms with Gasteiger partial charge in [-0.2, -0.15) is 0 Å². The van der Waals surface area contributed by atoms with E-state index in [0.29, 0.717) is 10.9 Å². The van der Waals surface area contributed by atoms with E-state index in [0.717, 1.165) is 25.1 Å². The Balaban J connectivity index is 1.55. The normalized spacial score (nSPS) is 9.88. The van der Waals surface area contributed by atoms with Crippen molar-refractivity contribution in [1.82, 2.24) is 16.2 Å². The van der Waals surface area contributed by atoms with Crippen LogP contribution in [0.3, 0.4) is 0 Å². The first-order valence-electron chi connectivity index (χ1n) is 8.31. The quantitative estimate of drug-likeness (QED) is 0.374. The standard InChI is InChI=1S/C19H23N3O3S/c1-24-16-9-11-17(12-10-16)25-14-18(23)21-22-19(26)20-13-5-8-15-6-3-2-4-7-15/h2-4,6-7,9-12H,5,8,13-14H2,1H3,(H,21,23)(H2,20,22,26). The highest BCUT2D eigenvalue weighted by atomic mass is 32.1. The van der Waals surface area contributed by atoms with E-state index < -0.39 is 0 Å². The average Bonchev–Trinajstić information content (AvgIpc) is 2.69. The lowest BCUT2D eigenvalue weighted by molar-refractivity contribution is -0.123. The molecule has 0 heterocycles. The third-order valence-electron chi connectivity index (χ3n) is 3.52. The molecule has 3 N–H and O–H groups in total. The number of thiocarbonyl (C=S) groups is 1. The van der Waals surface area contributed by atoms with E-state index in [-0.39, 0.29) is 12.5 Å². The topological polar surface area (TPSA) is 71.6 Å². The van der Waals surface area contributed by atoms with E-state index in [1.54, 1.807) is 31.4 Å². The smallest absolute Gasteiger partial charge is 0.276 e. The van der Waals surface area contributed by atoms with Crippen LogP contribution < -0.4 is 25.6 Å². The zero-order valence-corrected chi connectivity index (χ0v) is 15.5. The molecule has 0 fully saturated rings. The van der Waals surface area contributed by atoms with Gasteiger partial charge in [0.1, 0.15) is 11.5 Å². The Morgan fingerprint density at radius 2 is 1.69 bits per heavy atom. The second-order valence-corrected chi connectivity index (χ2v) is 5.89. The van der Waals surface area contributed by atoms with Gasteiger partial charge < -0.3 is 14.8 Å². The van der Waals surface area contributed by atoms with E-state index in [1.807, 2.05) is 18.2 Å². The molecule has 0 aliphatic rings. The maximum atomic E-state index is 11.7. The average molecular weight is 373 g/mol. The van der Waals surface area contributed by atoms with E-state index in [4.69, 9.17) is 21.7 Å². The number of carbonyl (C=O) groups is 1. The molecule has 2 rings (SSSR count). The molecule has 138 valence electrons. The van der Waals surface area contributed by atoms with Gasteiger partial charge in [0.05, 0.1) is 7.11 Å². The van der Waals surface area contributed by atoms with Crippen molar-refractivity contribution in [3.8, 4) is 11.5 Å². The van der Waals surface area contributed by atoms with Gasteiger partial charge in [0.15, 0.2) is 11.7 Å². The Kier molecular flexibility index (Phi) is 8.21. The van der Waals surface area contributed by atoms with Crippen molar-refractivity contribution in [2.75, 3.05) is 20.3 Å². The van der Waals surface area contributed by atoms with Crippen LogP contribution in [0.5, 0.6) is 11.5 Å². The van der Waals surface area contributed by atoms with Crippen molar-refractivity contribution in [1.29, 1.82) is 0 Å². The molecule has 0 bridgehead atoms. The van der Waals surface area contributed by atoms with Crippen LogP contribution in [0.4, 0.5) is 0 Å². The minimum Gasteiger partial charge on any atom is -0.497 e. The van der Waals surface area contributed by atoms with Crippen LogP contribution in [-0.4, -0.2) is 31.3 Å². The van der Waals surface area contributed by atoms with Crippen molar-refractivity contribution < 1.29 is 14.3 Å². The number of aryl methyl sites for hydroxylation is 1. The molecule has 0 saturated heterocycles. The number of hydrazine groups is 1. The molecule has 0 aromatic heterocycles. The second-order valence-electron chi connectivity index (χ2n) is 5.48. The van der Waals surface area contributed by atoms with Crippen molar-refractivity contribution in [3.63, 3.8) is 0 Å². The van der Waals surface area contributed by atoms with Gasteiger partial charge in [-0.3, -0.25) is 15.6 Å². The lowest BCUT2D eigenvalue weighted by Crippen LogP contribution is -2.48. The van der Waals surface area contributed by atoms with Gasteiger partial charge in [-0.1, -0.05) is 30.3 Å². The lowest BCUT2D eigenvalue weighted by Gasteiger charge is -2.12. The van der Waals surface area contributed by atoms with E-state index in [2.05, 4.69) is 28.3 Å². The Bertz CT molecular complexity index is 693. The van der Waals surface area contributed by atoms with Gasteiger partial charge in [0, 0.05) is 6.54 Å². The van der Waals surface area contributed by atoms with Crippen LogP contribution in [0.1, 0.15) is 12.0 Å². The highest BCUT2D eigenvalue weighted by molar-refractivity contribution is 7.80. The summed E-state index contributed by atoms with van der Waals surface area (Å²) in [5.74, 6) is 0.990. The van der Waals surface area contributed by atoms with Crippen LogP contribution >= 0.6 is 12.2 Å². The summed E-state index contributed by atoms with van der Waals surface area (Å²) in [6.07, 6.45) is 1.92. The molecule has 0 atom stereocenters. The molecule has 0 saturated carbocycles. The highest BCUT2D eigenvalue weighted by Gasteiger charge is 2.04. The Labute approximate surface area is 158 Å². The first-order valence-corrected chi connectivity index (χ1v) is 8.71.